The van der Waals surface area contributed by atoms with Gasteiger partial charge in [-0.1, -0.05) is 44.2 Å². The molecule has 25 heavy (non-hydrogen) atoms. The van der Waals surface area contributed by atoms with E-state index in [0.717, 1.165) is 41.9 Å². The monoisotopic (exact) mass is 356 g/mol. The molecule has 0 spiro atoms. The lowest BCUT2D eigenvalue weighted by atomic mass is 10.0. The number of nitrogens with one attached hydrogen (secondary N) is 1. The molecule has 1 aromatic heterocycles. The first-order valence-corrected chi connectivity index (χ1v) is 9.67. The van der Waals surface area contributed by atoms with Crippen molar-refractivity contribution in [3.63, 3.8) is 0 Å². The average Bonchev–Trinajstić information content (AvgIpc) is 3.12. The molecule has 132 valence electrons. The van der Waals surface area contributed by atoms with Gasteiger partial charge in [-0.3, -0.25) is 9.59 Å². The minimum absolute atomic E-state index is 0.0116. The van der Waals surface area contributed by atoms with Crippen LogP contribution in [0.1, 0.15) is 36.4 Å². The van der Waals surface area contributed by atoms with Gasteiger partial charge in [0.2, 0.25) is 5.91 Å². The summed E-state index contributed by atoms with van der Waals surface area (Å²) in [4.78, 5) is 27.4. The van der Waals surface area contributed by atoms with Crippen LogP contribution < -0.4 is 5.32 Å². The van der Waals surface area contributed by atoms with Gasteiger partial charge in [0.15, 0.2) is 0 Å². The van der Waals surface area contributed by atoms with E-state index in [4.69, 9.17) is 0 Å². The topological polar surface area (TPSA) is 49.4 Å². The van der Waals surface area contributed by atoms with Crippen molar-refractivity contribution in [2.24, 2.45) is 5.92 Å². The summed E-state index contributed by atoms with van der Waals surface area (Å²) in [6.07, 6.45) is 1.63. The number of likely N-dealkylation sites (tertiary alicyclic amines) is 1. The number of benzene rings is 1. The molecule has 5 heteroatoms. The van der Waals surface area contributed by atoms with Crippen molar-refractivity contribution in [2.45, 2.75) is 32.7 Å². The van der Waals surface area contributed by atoms with Crippen molar-refractivity contribution in [3.8, 4) is 11.1 Å². The fourth-order valence-corrected chi connectivity index (χ4v) is 4.01. The quantitative estimate of drug-likeness (QED) is 0.906. The molecule has 1 saturated heterocycles. The first-order valence-electron chi connectivity index (χ1n) is 8.79. The van der Waals surface area contributed by atoms with E-state index in [0.29, 0.717) is 0 Å². The van der Waals surface area contributed by atoms with Crippen LogP contribution in [0.15, 0.2) is 41.8 Å². The van der Waals surface area contributed by atoms with Gasteiger partial charge in [-0.25, -0.2) is 0 Å². The fraction of sp³-hybridized carbons (Fsp3) is 0.400. The van der Waals surface area contributed by atoms with E-state index in [9.17, 15) is 9.59 Å². The molecule has 2 heterocycles. The van der Waals surface area contributed by atoms with Crippen LogP contribution in [0, 0.1) is 5.92 Å². The number of amides is 2. The Kier molecular flexibility index (Phi) is 5.53. The van der Waals surface area contributed by atoms with Crippen molar-refractivity contribution in [2.75, 3.05) is 13.1 Å². The van der Waals surface area contributed by atoms with Crippen LogP contribution in [-0.2, 0) is 4.79 Å². The lowest BCUT2D eigenvalue weighted by Gasteiger charge is -2.33. The Morgan fingerprint density at radius 1 is 1.12 bits per heavy atom. The summed E-state index contributed by atoms with van der Waals surface area (Å²) < 4.78 is 0. The smallest absolute Gasteiger partial charge is 0.262 e. The van der Waals surface area contributed by atoms with E-state index in [1.807, 2.05) is 60.5 Å². The molecule has 0 unspecified atom stereocenters. The Labute approximate surface area is 152 Å². The number of carbonyl (C=O) groups excluding carboxylic acids is 2. The molecular formula is C20H24N2O2S. The molecule has 1 aliphatic rings. The SMILES string of the molecule is CC(C)C(=O)N1CCC(NC(=O)c2sccc2-c2ccccc2)CC1. The van der Waals surface area contributed by atoms with Crippen LogP contribution in [0.3, 0.4) is 0 Å². The molecule has 0 bridgehead atoms. The highest BCUT2D eigenvalue weighted by molar-refractivity contribution is 7.12. The van der Waals surface area contributed by atoms with E-state index in [-0.39, 0.29) is 23.8 Å². The molecule has 0 atom stereocenters. The Hall–Kier alpha value is -2.14. The van der Waals surface area contributed by atoms with E-state index >= 15 is 0 Å². The third kappa shape index (κ3) is 4.10. The van der Waals surface area contributed by atoms with E-state index in [1.54, 1.807) is 0 Å². The van der Waals surface area contributed by atoms with Gasteiger partial charge in [-0.05, 0) is 29.9 Å². The second-order valence-corrected chi connectivity index (χ2v) is 7.67. The van der Waals surface area contributed by atoms with E-state index in [2.05, 4.69) is 5.32 Å². The summed E-state index contributed by atoms with van der Waals surface area (Å²) in [6, 6.07) is 12.1. The molecule has 4 nitrogen and oxygen atoms in total. The maximum atomic E-state index is 12.7. The number of carbonyl (C=O) groups is 2. The van der Waals surface area contributed by atoms with Gasteiger partial charge >= 0.3 is 0 Å². The molecule has 0 radical (unpaired) electrons. The molecule has 1 fully saturated rings. The number of hydrogen-bond donors (Lipinski definition) is 1. The zero-order valence-electron chi connectivity index (χ0n) is 14.7. The molecule has 1 N–H and O–H groups in total. The Morgan fingerprint density at radius 2 is 1.80 bits per heavy atom. The highest BCUT2D eigenvalue weighted by Crippen LogP contribution is 2.28. The fourth-order valence-electron chi connectivity index (χ4n) is 3.19. The van der Waals surface area contributed by atoms with Crippen molar-refractivity contribution >= 4 is 23.2 Å². The normalized spacial score (nSPS) is 15.4. The Morgan fingerprint density at radius 3 is 2.44 bits per heavy atom. The van der Waals surface area contributed by atoms with Crippen LogP contribution in [0.25, 0.3) is 11.1 Å². The predicted octanol–water partition coefficient (Wildman–Crippen LogP) is 3.79. The summed E-state index contributed by atoms with van der Waals surface area (Å²) in [5, 5.41) is 5.11. The maximum absolute atomic E-state index is 12.7. The summed E-state index contributed by atoms with van der Waals surface area (Å²) in [6.45, 7) is 5.30. The molecule has 2 aromatic rings. The summed E-state index contributed by atoms with van der Waals surface area (Å²) in [7, 11) is 0. The van der Waals surface area contributed by atoms with Crippen LogP contribution in [0.5, 0.6) is 0 Å². The van der Waals surface area contributed by atoms with Crippen molar-refractivity contribution in [1.29, 1.82) is 0 Å². The largest absolute Gasteiger partial charge is 0.348 e. The number of nitrogens with zero attached hydrogens (tertiary/aromatic N) is 1. The minimum Gasteiger partial charge on any atom is -0.348 e. The molecular weight excluding hydrogens is 332 g/mol. The van der Waals surface area contributed by atoms with Gasteiger partial charge < -0.3 is 10.2 Å². The first-order chi connectivity index (χ1) is 12.1. The summed E-state index contributed by atoms with van der Waals surface area (Å²) in [5.74, 6) is 0.225. The van der Waals surface area contributed by atoms with Gasteiger partial charge in [0.25, 0.3) is 5.91 Å². The van der Waals surface area contributed by atoms with Gasteiger partial charge in [0.05, 0.1) is 4.88 Å². The highest BCUT2D eigenvalue weighted by atomic mass is 32.1. The van der Waals surface area contributed by atoms with Gasteiger partial charge in [0, 0.05) is 30.6 Å². The van der Waals surface area contributed by atoms with Crippen LogP contribution in [0.4, 0.5) is 0 Å². The third-order valence-corrected chi connectivity index (χ3v) is 5.51. The lowest BCUT2D eigenvalue weighted by molar-refractivity contribution is -0.135. The average molecular weight is 356 g/mol. The maximum Gasteiger partial charge on any atom is 0.262 e. The van der Waals surface area contributed by atoms with Crippen molar-refractivity contribution in [3.05, 3.63) is 46.7 Å². The summed E-state index contributed by atoms with van der Waals surface area (Å²) in [5.41, 5.74) is 2.04. The Bertz CT molecular complexity index is 731. The Balaban J connectivity index is 1.61. The van der Waals surface area contributed by atoms with Crippen LogP contribution in [-0.4, -0.2) is 35.8 Å². The van der Waals surface area contributed by atoms with Gasteiger partial charge in [-0.15, -0.1) is 11.3 Å². The third-order valence-electron chi connectivity index (χ3n) is 4.59. The molecule has 1 aromatic carbocycles. The van der Waals surface area contributed by atoms with Crippen LogP contribution in [0.2, 0.25) is 0 Å². The van der Waals surface area contributed by atoms with Gasteiger partial charge in [-0.2, -0.15) is 0 Å². The summed E-state index contributed by atoms with van der Waals surface area (Å²) >= 11 is 1.47. The van der Waals surface area contributed by atoms with Crippen molar-refractivity contribution < 1.29 is 9.59 Å². The number of piperidine rings is 1. The van der Waals surface area contributed by atoms with Crippen LogP contribution >= 0.6 is 11.3 Å². The lowest BCUT2D eigenvalue weighted by Crippen LogP contribution is -2.47. The standard InChI is InChI=1S/C20H24N2O2S/c1-14(2)20(24)22-11-8-16(9-12-22)21-19(23)18-17(10-13-25-18)15-6-4-3-5-7-15/h3-7,10,13-14,16H,8-9,11-12H2,1-2H3,(H,21,23). The molecule has 0 saturated carbocycles. The second-order valence-electron chi connectivity index (χ2n) is 6.76. The second kappa shape index (κ2) is 7.83. The molecule has 0 aliphatic carbocycles. The highest BCUT2D eigenvalue weighted by Gasteiger charge is 2.26. The van der Waals surface area contributed by atoms with E-state index in [1.165, 1.54) is 11.3 Å². The molecule has 1 aliphatic heterocycles. The predicted molar refractivity (Wildman–Crippen MR) is 102 cm³/mol. The molecule has 3 rings (SSSR count). The zero-order valence-corrected chi connectivity index (χ0v) is 15.5. The number of hydrogen-bond acceptors (Lipinski definition) is 3. The van der Waals surface area contributed by atoms with Gasteiger partial charge in [0.1, 0.15) is 0 Å². The molecule has 2 amide bonds. The number of rotatable bonds is 4. The first kappa shape index (κ1) is 17.7. The van der Waals surface area contributed by atoms with E-state index < -0.39 is 0 Å². The number of thiophene rings is 1. The van der Waals surface area contributed by atoms with Crippen molar-refractivity contribution in [1.82, 2.24) is 10.2 Å². The zero-order chi connectivity index (χ0) is 17.8. The minimum atomic E-state index is -0.0116.